The number of hydrogen-bond acceptors (Lipinski definition) is 6. The van der Waals surface area contributed by atoms with Crippen LogP contribution in [0.2, 0.25) is 0 Å². The molecule has 0 aromatic heterocycles. The van der Waals surface area contributed by atoms with Crippen molar-refractivity contribution in [2.45, 2.75) is 4.90 Å². The number of benzene rings is 4. The van der Waals surface area contributed by atoms with Crippen molar-refractivity contribution in [1.29, 1.82) is 5.26 Å². The Bertz CT molecular complexity index is 1340. The summed E-state index contributed by atoms with van der Waals surface area (Å²) in [5.41, 5.74) is 7.99. The lowest BCUT2D eigenvalue weighted by atomic mass is 9.93. The summed E-state index contributed by atoms with van der Waals surface area (Å²) in [6.07, 6.45) is 0. The summed E-state index contributed by atoms with van der Waals surface area (Å²) in [4.78, 5) is 8.99. The Hall–Kier alpha value is -3.68. The van der Waals surface area contributed by atoms with Crippen molar-refractivity contribution < 1.29 is 0 Å². The zero-order valence-corrected chi connectivity index (χ0v) is 19.7. The Balaban J connectivity index is 1.82. The molecule has 0 amide bonds. The number of rotatable bonds is 6. The van der Waals surface area contributed by atoms with Crippen LogP contribution in [-0.2, 0) is 0 Å². The molecular weight excluding hydrogens is 463 g/mol. The van der Waals surface area contributed by atoms with Gasteiger partial charge < -0.3 is 0 Å². The van der Waals surface area contributed by atoms with Gasteiger partial charge in [-0.1, -0.05) is 36.4 Å². The summed E-state index contributed by atoms with van der Waals surface area (Å²) in [6.45, 7) is 0. The van der Waals surface area contributed by atoms with Crippen LogP contribution in [0.25, 0.3) is 33.4 Å². The van der Waals surface area contributed by atoms with Crippen LogP contribution in [0.4, 0.5) is 11.4 Å². The van der Waals surface area contributed by atoms with E-state index < -0.39 is 0 Å². The molecule has 0 saturated carbocycles. The van der Waals surface area contributed by atoms with E-state index in [2.05, 4.69) is 43.9 Å². The Morgan fingerprint density at radius 2 is 0.909 bits per heavy atom. The third-order valence-electron chi connectivity index (χ3n) is 5.03. The number of nitriles is 1. The van der Waals surface area contributed by atoms with Gasteiger partial charge >= 0.3 is 0 Å². The lowest BCUT2D eigenvalue weighted by Crippen LogP contribution is -1.86. The number of isothiocyanates is 2. The molecule has 0 saturated heterocycles. The molecule has 156 valence electrons. The fourth-order valence-corrected chi connectivity index (χ4v) is 4.05. The van der Waals surface area contributed by atoms with Gasteiger partial charge in [-0.25, -0.2) is 0 Å². The number of nitrogens with zero attached hydrogens (tertiary/aromatic N) is 3. The van der Waals surface area contributed by atoms with Crippen molar-refractivity contribution in [3.63, 3.8) is 0 Å². The van der Waals surface area contributed by atoms with Crippen LogP contribution in [0.15, 0.2) is 106 Å². The molecule has 0 N–H and O–H groups in total. The third-order valence-corrected chi connectivity index (χ3v) is 5.82. The minimum absolute atomic E-state index is 0.769. The molecule has 33 heavy (non-hydrogen) atoms. The van der Waals surface area contributed by atoms with Gasteiger partial charge in [0.2, 0.25) is 0 Å². The van der Waals surface area contributed by atoms with Crippen molar-refractivity contribution in [2.24, 2.45) is 9.98 Å². The van der Waals surface area contributed by atoms with Crippen molar-refractivity contribution in [3.05, 3.63) is 91.0 Å². The second-order valence-electron chi connectivity index (χ2n) is 7.02. The second-order valence-corrected chi connectivity index (χ2v) is 8.24. The highest BCUT2D eigenvalue weighted by atomic mass is 32.2. The lowest BCUT2D eigenvalue weighted by Gasteiger charge is -2.12. The first-order valence-electron chi connectivity index (χ1n) is 9.88. The van der Waals surface area contributed by atoms with E-state index in [9.17, 15) is 0 Å². The van der Waals surface area contributed by atoms with Crippen LogP contribution in [0.3, 0.4) is 0 Å². The van der Waals surface area contributed by atoms with E-state index in [4.69, 9.17) is 29.7 Å². The van der Waals surface area contributed by atoms with E-state index in [1.807, 2.05) is 72.8 Å². The van der Waals surface area contributed by atoms with E-state index in [0.29, 0.717) is 0 Å². The molecule has 0 bridgehead atoms. The van der Waals surface area contributed by atoms with Crippen molar-refractivity contribution in [3.8, 4) is 38.8 Å². The normalized spacial score (nSPS) is 9.91. The standard InChI is InChI=1S/C27H15N3S3/c28-16-33-27-11-5-21(6-12-27)24-14-22(19-1-7-25(8-2-19)29-17-31)13-23(15-24)20-3-9-26(10-4-20)30-18-32/h1-15H. The van der Waals surface area contributed by atoms with E-state index >= 15 is 0 Å². The first-order chi connectivity index (χ1) is 16.2. The molecule has 0 aliphatic heterocycles. The van der Waals surface area contributed by atoms with Crippen molar-refractivity contribution in [2.75, 3.05) is 0 Å². The first kappa shape index (κ1) is 22.5. The van der Waals surface area contributed by atoms with Gasteiger partial charge in [-0.3, -0.25) is 0 Å². The molecule has 0 spiro atoms. The molecule has 4 rings (SSSR count). The molecule has 0 aliphatic carbocycles. The van der Waals surface area contributed by atoms with Crippen LogP contribution in [0, 0.1) is 10.7 Å². The number of thiocyanates is 1. The Kier molecular flexibility index (Phi) is 7.34. The summed E-state index contributed by atoms with van der Waals surface area (Å²) in [5.74, 6) is 0. The van der Waals surface area contributed by atoms with Crippen LogP contribution >= 0.6 is 36.2 Å². The Labute approximate surface area is 207 Å². The molecule has 0 aliphatic rings. The minimum Gasteiger partial charge on any atom is -0.195 e. The molecule has 3 nitrogen and oxygen atoms in total. The third kappa shape index (κ3) is 5.58. The second kappa shape index (κ2) is 10.8. The van der Waals surface area contributed by atoms with E-state index in [-0.39, 0.29) is 0 Å². The van der Waals surface area contributed by atoms with Crippen molar-refractivity contribution in [1.82, 2.24) is 0 Å². The van der Waals surface area contributed by atoms with Gasteiger partial charge in [0.05, 0.1) is 21.7 Å². The molecule has 4 aromatic carbocycles. The Morgan fingerprint density at radius 1 is 0.545 bits per heavy atom. The lowest BCUT2D eigenvalue weighted by molar-refractivity contribution is 1.46. The van der Waals surface area contributed by atoms with E-state index in [1.54, 1.807) is 0 Å². The molecule has 0 atom stereocenters. The topological polar surface area (TPSA) is 48.5 Å². The van der Waals surface area contributed by atoms with Gasteiger partial charge in [0.25, 0.3) is 0 Å². The smallest absolute Gasteiger partial charge is 0.138 e. The van der Waals surface area contributed by atoms with Crippen LogP contribution in [0.1, 0.15) is 0 Å². The van der Waals surface area contributed by atoms with Gasteiger partial charge in [0.1, 0.15) is 5.40 Å². The number of hydrogen-bond donors (Lipinski definition) is 0. The Morgan fingerprint density at radius 3 is 1.24 bits per heavy atom. The first-order valence-corrected chi connectivity index (χ1v) is 11.5. The molecule has 0 fully saturated rings. The highest BCUT2D eigenvalue weighted by molar-refractivity contribution is 8.03. The van der Waals surface area contributed by atoms with Gasteiger partial charge in [0, 0.05) is 4.90 Å². The minimum atomic E-state index is 0.769. The van der Waals surface area contributed by atoms with Gasteiger partial charge in [-0.2, -0.15) is 15.2 Å². The zero-order valence-electron chi connectivity index (χ0n) is 17.2. The van der Waals surface area contributed by atoms with E-state index in [0.717, 1.165) is 61.4 Å². The van der Waals surface area contributed by atoms with Gasteiger partial charge in [-0.05, 0) is 124 Å². The molecule has 0 unspecified atom stereocenters. The number of aliphatic imine (C=N–C) groups is 2. The van der Waals surface area contributed by atoms with Crippen LogP contribution < -0.4 is 0 Å². The average Bonchev–Trinajstić information content (AvgIpc) is 2.86. The number of thioether (sulfide) groups is 1. The summed E-state index contributed by atoms with van der Waals surface area (Å²) >= 11 is 10.6. The maximum atomic E-state index is 8.92. The molecule has 4 aromatic rings. The fourth-order valence-electron chi connectivity index (χ4n) is 3.46. The zero-order chi connectivity index (χ0) is 23.0. The predicted molar refractivity (Wildman–Crippen MR) is 144 cm³/mol. The summed E-state index contributed by atoms with van der Waals surface area (Å²) < 4.78 is 0. The van der Waals surface area contributed by atoms with E-state index in [1.165, 1.54) is 0 Å². The average molecular weight is 478 g/mol. The molecule has 0 radical (unpaired) electrons. The largest absolute Gasteiger partial charge is 0.195 e. The maximum absolute atomic E-state index is 8.92. The van der Waals surface area contributed by atoms with Gasteiger partial charge in [-0.15, -0.1) is 0 Å². The van der Waals surface area contributed by atoms with Gasteiger partial charge in [0.15, 0.2) is 0 Å². The summed E-state index contributed by atoms with van der Waals surface area (Å²) in [7, 11) is 0. The van der Waals surface area contributed by atoms with Crippen molar-refractivity contribution >= 4 is 57.9 Å². The summed E-state index contributed by atoms with van der Waals surface area (Å²) in [5, 5.41) is 15.8. The highest BCUT2D eigenvalue weighted by Crippen LogP contribution is 2.34. The maximum Gasteiger partial charge on any atom is 0.138 e. The summed E-state index contributed by atoms with van der Waals surface area (Å²) in [6, 6.07) is 30.3. The highest BCUT2D eigenvalue weighted by Gasteiger charge is 2.08. The molecule has 6 heteroatoms. The molecular formula is C27H15N3S3. The monoisotopic (exact) mass is 477 g/mol. The fraction of sp³-hybridized carbons (Fsp3) is 0. The number of thiocarbonyl (C=S) groups is 2. The SMILES string of the molecule is N#CSc1ccc(-c2cc(-c3ccc(N=C=S)cc3)cc(-c3ccc(N=C=S)cc3)c2)cc1. The quantitative estimate of drug-likeness (QED) is 0.121. The predicted octanol–water partition coefficient (Wildman–Crippen LogP) is 8.73. The molecule has 0 heterocycles. The van der Waals surface area contributed by atoms with Crippen LogP contribution in [-0.4, -0.2) is 10.3 Å². The van der Waals surface area contributed by atoms with Crippen LogP contribution in [0.5, 0.6) is 0 Å².